The van der Waals surface area contributed by atoms with Crippen LogP contribution >= 0.6 is 0 Å². The summed E-state index contributed by atoms with van der Waals surface area (Å²) in [6.45, 7) is 10.1. The Balaban J connectivity index is 1.75. The van der Waals surface area contributed by atoms with Crippen LogP contribution in [-0.2, 0) is 4.74 Å². The fourth-order valence-corrected chi connectivity index (χ4v) is 3.16. The monoisotopic (exact) mass is 211 g/mol. The zero-order chi connectivity index (χ0) is 11.1. The molecule has 1 heterocycles. The highest BCUT2D eigenvalue weighted by molar-refractivity contribution is 4.91. The number of hydrogen-bond acceptors (Lipinski definition) is 2. The Morgan fingerprint density at radius 1 is 1.13 bits per heavy atom. The second kappa shape index (κ2) is 4.06. The molecule has 0 radical (unpaired) electrons. The molecular weight excluding hydrogens is 186 g/mol. The van der Waals surface area contributed by atoms with Crippen LogP contribution in [0.5, 0.6) is 0 Å². The van der Waals surface area contributed by atoms with Crippen molar-refractivity contribution in [2.75, 3.05) is 26.7 Å². The highest BCUT2D eigenvalue weighted by atomic mass is 16.5. The van der Waals surface area contributed by atoms with E-state index in [4.69, 9.17) is 4.74 Å². The fourth-order valence-electron chi connectivity index (χ4n) is 3.16. The smallest absolute Gasteiger partial charge is 0.0598 e. The van der Waals surface area contributed by atoms with Crippen LogP contribution in [0.25, 0.3) is 0 Å². The Kier molecular flexibility index (Phi) is 3.09. The minimum absolute atomic E-state index is 0.0362. The Hall–Kier alpha value is -0.0800. The number of likely N-dealkylation sites (tertiary alicyclic amines) is 1. The summed E-state index contributed by atoms with van der Waals surface area (Å²) < 4.78 is 5.89. The third-order valence-electron chi connectivity index (χ3n) is 3.78. The Morgan fingerprint density at radius 2 is 1.67 bits per heavy atom. The van der Waals surface area contributed by atoms with Crippen LogP contribution in [-0.4, -0.2) is 37.2 Å². The molecule has 1 saturated carbocycles. The first kappa shape index (κ1) is 11.4. The van der Waals surface area contributed by atoms with Crippen molar-refractivity contribution in [2.24, 2.45) is 17.8 Å². The van der Waals surface area contributed by atoms with Crippen LogP contribution in [0.15, 0.2) is 0 Å². The standard InChI is InChI=1S/C13H25NO/c1-13(2,3)15-9-10-5-11-7-14(4)8-12(11)6-10/h10-12H,5-9H2,1-4H3. The first-order valence-electron chi connectivity index (χ1n) is 6.26. The van der Waals surface area contributed by atoms with E-state index < -0.39 is 0 Å². The Labute approximate surface area is 94.0 Å². The summed E-state index contributed by atoms with van der Waals surface area (Å²) in [6.07, 6.45) is 2.79. The van der Waals surface area contributed by atoms with E-state index in [1.54, 1.807) is 0 Å². The average Bonchev–Trinajstić information content (AvgIpc) is 2.55. The molecule has 0 bridgehead atoms. The van der Waals surface area contributed by atoms with Gasteiger partial charge in [-0.2, -0.15) is 0 Å². The third kappa shape index (κ3) is 2.94. The minimum atomic E-state index is 0.0362. The molecule has 15 heavy (non-hydrogen) atoms. The number of ether oxygens (including phenoxy) is 1. The predicted octanol–water partition coefficient (Wildman–Crippen LogP) is 2.39. The fraction of sp³-hybridized carbons (Fsp3) is 1.00. The highest BCUT2D eigenvalue weighted by Gasteiger charge is 2.39. The minimum Gasteiger partial charge on any atom is -0.376 e. The van der Waals surface area contributed by atoms with Crippen LogP contribution in [0.4, 0.5) is 0 Å². The lowest BCUT2D eigenvalue weighted by atomic mass is 10.0. The van der Waals surface area contributed by atoms with Gasteiger partial charge in [-0.1, -0.05) is 0 Å². The van der Waals surface area contributed by atoms with E-state index in [2.05, 4.69) is 32.7 Å². The average molecular weight is 211 g/mol. The lowest BCUT2D eigenvalue weighted by molar-refractivity contribution is -0.0226. The number of fused-ring (bicyclic) bond motifs is 1. The van der Waals surface area contributed by atoms with E-state index in [0.717, 1.165) is 24.4 Å². The van der Waals surface area contributed by atoms with Gasteiger partial charge in [-0.25, -0.2) is 0 Å². The van der Waals surface area contributed by atoms with Crippen molar-refractivity contribution in [1.82, 2.24) is 4.90 Å². The van der Waals surface area contributed by atoms with Crippen molar-refractivity contribution in [2.45, 2.75) is 39.2 Å². The van der Waals surface area contributed by atoms with E-state index in [1.165, 1.54) is 25.9 Å². The van der Waals surface area contributed by atoms with Gasteiger partial charge in [0.05, 0.1) is 12.2 Å². The molecule has 1 aliphatic carbocycles. The molecule has 2 heteroatoms. The van der Waals surface area contributed by atoms with Crippen LogP contribution in [0.1, 0.15) is 33.6 Å². The summed E-state index contributed by atoms with van der Waals surface area (Å²) in [7, 11) is 2.25. The summed E-state index contributed by atoms with van der Waals surface area (Å²) in [5, 5.41) is 0. The Morgan fingerprint density at radius 3 is 2.13 bits per heavy atom. The molecule has 1 aliphatic heterocycles. The van der Waals surface area contributed by atoms with Gasteiger partial charge in [0.1, 0.15) is 0 Å². The van der Waals surface area contributed by atoms with Gasteiger partial charge in [-0.3, -0.25) is 0 Å². The molecular formula is C13H25NO. The van der Waals surface area contributed by atoms with E-state index in [1.807, 2.05) is 0 Å². The summed E-state index contributed by atoms with van der Waals surface area (Å²) in [6, 6.07) is 0. The van der Waals surface area contributed by atoms with Gasteiger partial charge in [0.15, 0.2) is 0 Å². The number of rotatable bonds is 2. The zero-order valence-corrected chi connectivity index (χ0v) is 10.6. The molecule has 0 amide bonds. The molecule has 0 N–H and O–H groups in total. The van der Waals surface area contributed by atoms with E-state index in [-0.39, 0.29) is 5.60 Å². The normalized spacial score (nSPS) is 37.2. The lowest BCUT2D eigenvalue weighted by Gasteiger charge is -2.23. The van der Waals surface area contributed by atoms with Crippen molar-refractivity contribution in [3.05, 3.63) is 0 Å². The van der Waals surface area contributed by atoms with Crippen molar-refractivity contribution in [3.8, 4) is 0 Å². The van der Waals surface area contributed by atoms with Crippen LogP contribution in [0, 0.1) is 17.8 Å². The third-order valence-corrected chi connectivity index (χ3v) is 3.78. The summed E-state index contributed by atoms with van der Waals surface area (Å²) in [4.78, 5) is 2.48. The van der Waals surface area contributed by atoms with E-state index in [9.17, 15) is 0 Å². The highest BCUT2D eigenvalue weighted by Crippen LogP contribution is 2.41. The molecule has 0 aromatic rings. The molecule has 0 aromatic carbocycles. The number of hydrogen-bond donors (Lipinski definition) is 0. The summed E-state index contributed by atoms with van der Waals surface area (Å²) >= 11 is 0. The molecule has 2 fully saturated rings. The van der Waals surface area contributed by atoms with Gasteiger partial charge in [0, 0.05) is 13.1 Å². The van der Waals surface area contributed by atoms with Crippen molar-refractivity contribution < 1.29 is 4.74 Å². The first-order valence-corrected chi connectivity index (χ1v) is 6.26. The van der Waals surface area contributed by atoms with Gasteiger partial charge < -0.3 is 9.64 Å². The molecule has 0 spiro atoms. The van der Waals surface area contributed by atoms with Gasteiger partial charge in [0.2, 0.25) is 0 Å². The predicted molar refractivity (Wildman–Crippen MR) is 62.9 cm³/mol. The first-order chi connectivity index (χ1) is 6.94. The molecule has 2 rings (SSSR count). The Bertz CT molecular complexity index is 207. The quantitative estimate of drug-likeness (QED) is 0.695. The van der Waals surface area contributed by atoms with E-state index >= 15 is 0 Å². The maximum atomic E-state index is 5.89. The molecule has 2 nitrogen and oxygen atoms in total. The molecule has 2 unspecified atom stereocenters. The van der Waals surface area contributed by atoms with Crippen LogP contribution in [0.2, 0.25) is 0 Å². The van der Waals surface area contributed by atoms with Crippen molar-refractivity contribution >= 4 is 0 Å². The molecule has 0 aromatic heterocycles. The maximum Gasteiger partial charge on any atom is 0.0598 e. The second-order valence-corrected chi connectivity index (χ2v) is 6.50. The zero-order valence-electron chi connectivity index (χ0n) is 10.6. The summed E-state index contributed by atoms with van der Waals surface area (Å²) in [5.41, 5.74) is 0.0362. The van der Waals surface area contributed by atoms with Crippen molar-refractivity contribution in [3.63, 3.8) is 0 Å². The largest absolute Gasteiger partial charge is 0.376 e. The van der Waals surface area contributed by atoms with Gasteiger partial charge >= 0.3 is 0 Å². The van der Waals surface area contributed by atoms with E-state index in [0.29, 0.717) is 0 Å². The lowest BCUT2D eigenvalue weighted by Crippen LogP contribution is -2.24. The molecule has 2 aliphatic rings. The van der Waals surface area contributed by atoms with Crippen LogP contribution in [0.3, 0.4) is 0 Å². The summed E-state index contributed by atoms with van der Waals surface area (Å²) in [5.74, 6) is 2.75. The van der Waals surface area contributed by atoms with Gasteiger partial charge in [0.25, 0.3) is 0 Å². The SMILES string of the molecule is CN1CC2CC(COC(C)(C)C)CC2C1. The number of nitrogens with zero attached hydrogens (tertiary/aromatic N) is 1. The molecule has 88 valence electrons. The molecule has 2 atom stereocenters. The maximum absolute atomic E-state index is 5.89. The van der Waals surface area contributed by atoms with Crippen molar-refractivity contribution in [1.29, 1.82) is 0 Å². The second-order valence-electron chi connectivity index (χ2n) is 6.50. The van der Waals surface area contributed by atoms with Crippen LogP contribution < -0.4 is 0 Å². The topological polar surface area (TPSA) is 12.5 Å². The van der Waals surface area contributed by atoms with Gasteiger partial charge in [-0.05, 0) is 58.4 Å². The van der Waals surface area contributed by atoms with Gasteiger partial charge in [-0.15, -0.1) is 0 Å². The molecule has 1 saturated heterocycles.